The molecule has 9 nitrogen and oxygen atoms in total. The predicted molar refractivity (Wildman–Crippen MR) is 171 cm³/mol. The number of fused-ring (bicyclic) bond motifs is 1. The number of carboxylic acid groups (broad SMARTS) is 1. The van der Waals surface area contributed by atoms with Gasteiger partial charge >= 0.3 is 5.97 Å². The van der Waals surface area contributed by atoms with Crippen molar-refractivity contribution in [2.75, 3.05) is 13.1 Å². The molecule has 2 aromatic heterocycles. The lowest BCUT2D eigenvalue weighted by molar-refractivity contribution is -0.140. The maximum atomic E-state index is 12.2. The number of aromatic nitrogens is 3. The second kappa shape index (κ2) is 12.9. The van der Waals surface area contributed by atoms with Gasteiger partial charge in [-0.25, -0.2) is 14.5 Å². The van der Waals surface area contributed by atoms with E-state index in [1.54, 1.807) is 15.8 Å². The van der Waals surface area contributed by atoms with Crippen molar-refractivity contribution in [2.24, 2.45) is 0 Å². The van der Waals surface area contributed by atoms with Gasteiger partial charge in [-0.05, 0) is 103 Å². The molecule has 234 valence electrons. The van der Waals surface area contributed by atoms with Crippen LogP contribution in [0.15, 0.2) is 60.9 Å². The van der Waals surface area contributed by atoms with Crippen LogP contribution in [-0.4, -0.2) is 60.9 Å². The van der Waals surface area contributed by atoms with Crippen LogP contribution in [0.4, 0.5) is 0 Å². The lowest BCUT2D eigenvalue weighted by atomic mass is 9.85. The summed E-state index contributed by atoms with van der Waals surface area (Å²) in [6, 6.07) is 16.8. The summed E-state index contributed by atoms with van der Waals surface area (Å²) in [5, 5.41) is 23.6. The number of pyridine rings is 1. The molecule has 0 spiro atoms. The summed E-state index contributed by atoms with van der Waals surface area (Å²) in [6.07, 6.45) is 7.05. The number of rotatable bonds is 9. The fourth-order valence-corrected chi connectivity index (χ4v) is 7.00. The molecule has 9 heteroatoms. The average molecular weight is 609 g/mol. The monoisotopic (exact) mass is 608 g/mol. The molecular formula is C36H40N4O5. The molecule has 1 aliphatic heterocycles. The summed E-state index contributed by atoms with van der Waals surface area (Å²) < 4.78 is 8.34. The number of amides is 1. The van der Waals surface area contributed by atoms with E-state index in [4.69, 9.17) is 4.74 Å². The number of carbonyl (C=O) groups excluding carboxylic acids is 1. The molecule has 45 heavy (non-hydrogen) atoms. The first-order valence-corrected chi connectivity index (χ1v) is 15.9. The van der Waals surface area contributed by atoms with Gasteiger partial charge in [0, 0.05) is 24.8 Å². The minimum atomic E-state index is -0.996. The van der Waals surface area contributed by atoms with Crippen LogP contribution >= 0.6 is 0 Å². The standard InChI is InChI=1S/C36H40N4O5/c1-4-23-19-27(10-11-28(23)24-14-17-39(18-15-24)35(42)22(3)41)45-32-12-9-25-7-6-8-29(34(25)32)26-13-16-37-33(20-26)40-31(5-2)30(21-38-40)36(43)44/h6-8,10-11,13,16,19-22,24,32,41H,4-5,9,12,14-15,17-18H2,1-3H3,(H,43,44)/t22-,32-/m0/s1. The van der Waals surface area contributed by atoms with E-state index in [2.05, 4.69) is 53.4 Å². The Labute approximate surface area is 263 Å². The Morgan fingerprint density at radius 1 is 1.04 bits per heavy atom. The number of aryl methyl sites for hydroxylation is 2. The van der Waals surface area contributed by atoms with Crippen molar-refractivity contribution in [2.45, 2.75) is 77.4 Å². The number of piperidine rings is 1. The fourth-order valence-electron chi connectivity index (χ4n) is 7.00. The zero-order valence-electron chi connectivity index (χ0n) is 26.1. The lowest BCUT2D eigenvalue weighted by Gasteiger charge is -2.33. The highest BCUT2D eigenvalue weighted by Crippen LogP contribution is 2.42. The quantitative estimate of drug-likeness (QED) is 0.243. The largest absolute Gasteiger partial charge is 0.486 e. The first-order chi connectivity index (χ1) is 21.8. The van der Waals surface area contributed by atoms with Crippen molar-refractivity contribution in [3.63, 3.8) is 0 Å². The summed E-state index contributed by atoms with van der Waals surface area (Å²) in [6.45, 7) is 6.94. The van der Waals surface area contributed by atoms with Crippen LogP contribution in [-0.2, 0) is 24.1 Å². The van der Waals surface area contributed by atoms with E-state index in [-0.39, 0.29) is 17.6 Å². The fraction of sp³-hybridized carbons (Fsp3) is 0.389. The third-order valence-corrected chi connectivity index (χ3v) is 9.28. The molecule has 1 aliphatic carbocycles. The van der Waals surface area contributed by atoms with E-state index in [0.717, 1.165) is 49.0 Å². The molecule has 2 N–H and O–H groups in total. The number of nitrogens with zero attached hydrogens (tertiary/aromatic N) is 4. The van der Waals surface area contributed by atoms with Gasteiger partial charge in [-0.2, -0.15) is 5.10 Å². The first-order valence-electron chi connectivity index (χ1n) is 15.9. The van der Waals surface area contributed by atoms with Crippen molar-refractivity contribution in [1.82, 2.24) is 19.7 Å². The number of carbonyl (C=O) groups is 2. The van der Waals surface area contributed by atoms with Gasteiger partial charge in [0.25, 0.3) is 5.91 Å². The number of aliphatic hydroxyl groups excluding tert-OH is 1. The number of aliphatic hydroxyl groups is 1. The molecule has 1 saturated heterocycles. The molecule has 6 rings (SSSR count). The number of hydrogen-bond acceptors (Lipinski definition) is 6. The van der Waals surface area contributed by atoms with E-state index in [1.807, 2.05) is 19.1 Å². The molecule has 0 radical (unpaired) electrons. The van der Waals surface area contributed by atoms with Gasteiger partial charge in [-0.1, -0.05) is 38.1 Å². The van der Waals surface area contributed by atoms with Crippen LogP contribution < -0.4 is 4.74 Å². The van der Waals surface area contributed by atoms with Crippen LogP contribution in [0.3, 0.4) is 0 Å². The molecule has 4 aromatic rings. The zero-order chi connectivity index (χ0) is 31.7. The molecular weight excluding hydrogens is 568 g/mol. The van der Waals surface area contributed by atoms with E-state index < -0.39 is 12.1 Å². The summed E-state index contributed by atoms with van der Waals surface area (Å²) >= 11 is 0. The Hall–Kier alpha value is -4.50. The molecule has 2 atom stereocenters. The number of carboxylic acids is 1. The summed E-state index contributed by atoms with van der Waals surface area (Å²) in [4.78, 5) is 30.3. The number of ether oxygens (including phenoxy) is 1. The Bertz CT molecular complexity index is 1720. The maximum Gasteiger partial charge on any atom is 0.339 e. The lowest BCUT2D eigenvalue weighted by Crippen LogP contribution is -2.42. The SMILES string of the molecule is CCc1cc(O[C@H]2CCc3cccc(-c4ccnc(-n5ncc(C(=O)O)c5CC)c4)c32)ccc1C1CCN(C(=O)[C@H](C)O)CC1. The molecule has 2 aromatic carbocycles. The van der Waals surface area contributed by atoms with E-state index in [1.165, 1.54) is 35.4 Å². The first kappa shape index (κ1) is 30.5. The second-order valence-electron chi connectivity index (χ2n) is 12.0. The van der Waals surface area contributed by atoms with Gasteiger partial charge in [-0.15, -0.1) is 0 Å². The Kier molecular flexibility index (Phi) is 8.72. The van der Waals surface area contributed by atoms with Crippen molar-refractivity contribution in [3.8, 4) is 22.7 Å². The predicted octanol–water partition coefficient (Wildman–Crippen LogP) is 5.91. The summed E-state index contributed by atoms with van der Waals surface area (Å²) in [7, 11) is 0. The molecule has 1 fully saturated rings. The van der Waals surface area contributed by atoms with Crippen LogP contribution in [0, 0.1) is 0 Å². The number of hydrogen-bond donors (Lipinski definition) is 2. The van der Waals surface area contributed by atoms with Gasteiger partial charge in [0.15, 0.2) is 5.82 Å². The Balaban J connectivity index is 1.24. The van der Waals surface area contributed by atoms with Gasteiger partial charge in [0.2, 0.25) is 0 Å². The normalized spacial score (nSPS) is 17.2. The molecule has 0 bridgehead atoms. The second-order valence-corrected chi connectivity index (χ2v) is 12.0. The molecule has 0 saturated carbocycles. The number of benzene rings is 2. The van der Waals surface area contributed by atoms with Crippen molar-refractivity contribution >= 4 is 11.9 Å². The Morgan fingerprint density at radius 2 is 1.84 bits per heavy atom. The number of likely N-dealkylation sites (tertiary alicyclic amines) is 1. The van der Waals surface area contributed by atoms with Crippen LogP contribution in [0.25, 0.3) is 16.9 Å². The third kappa shape index (κ3) is 5.96. The van der Waals surface area contributed by atoms with Gasteiger partial charge in [-0.3, -0.25) is 4.79 Å². The molecule has 0 unspecified atom stereocenters. The zero-order valence-corrected chi connectivity index (χ0v) is 26.1. The molecule has 3 heterocycles. The highest BCUT2D eigenvalue weighted by molar-refractivity contribution is 5.88. The molecule has 2 aliphatic rings. The highest BCUT2D eigenvalue weighted by atomic mass is 16.5. The third-order valence-electron chi connectivity index (χ3n) is 9.28. The van der Waals surface area contributed by atoms with Crippen LogP contribution in [0.5, 0.6) is 5.75 Å². The van der Waals surface area contributed by atoms with Gasteiger partial charge in [0.05, 0.1) is 11.9 Å². The van der Waals surface area contributed by atoms with E-state index in [9.17, 15) is 19.8 Å². The summed E-state index contributed by atoms with van der Waals surface area (Å²) in [5.41, 5.74) is 7.89. The Morgan fingerprint density at radius 3 is 2.56 bits per heavy atom. The van der Waals surface area contributed by atoms with Gasteiger partial charge < -0.3 is 19.8 Å². The smallest absolute Gasteiger partial charge is 0.339 e. The minimum Gasteiger partial charge on any atom is -0.486 e. The summed E-state index contributed by atoms with van der Waals surface area (Å²) in [5.74, 6) is 0.622. The minimum absolute atomic E-state index is 0.104. The van der Waals surface area contributed by atoms with E-state index >= 15 is 0 Å². The van der Waals surface area contributed by atoms with Gasteiger partial charge in [0.1, 0.15) is 23.5 Å². The van der Waals surface area contributed by atoms with Crippen LogP contribution in [0.2, 0.25) is 0 Å². The molecule has 1 amide bonds. The topological polar surface area (TPSA) is 118 Å². The van der Waals surface area contributed by atoms with Crippen molar-refractivity contribution in [1.29, 1.82) is 0 Å². The van der Waals surface area contributed by atoms with Crippen molar-refractivity contribution < 1.29 is 24.5 Å². The van der Waals surface area contributed by atoms with E-state index in [0.29, 0.717) is 36.9 Å². The van der Waals surface area contributed by atoms with Crippen LogP contribution in [0.1, 0.15) is 90.4 Å². The highest BCUT2D eigenvalue weighted by Gasteiger charge is 2.30. The maximum absolute atomic E-state index is 12.2. The van der Waals surface area contributed by atoms with Crippen molar-refractivity contribution in [3.05, 3.63) is 94.4 Å². The number of aromatic carboxylic acids is 1. The average Bonchev–Trinajstić information content (AvgIpc) is 3.69.